The predicted octanol–water partition coefficient (Wildman–Crippen LogP) is 0.701. The molecule has 2 aliphatic heterocycles. The van der Waals surface area contributed by atoms with E-state index in [0.717, 1.165) is 32.5 Å². The summed E-state index contributed by atoms with van der Waals surface area (Å²) in [4.78, 5) is 11.8. The molecular formula is C12H21ClN2O2. The molecule has 0 bridgehead atoms. The molecule has 0 aromatic carbocycles. The molecule has 1 saturated carbocycles. The highest BCUT2D eigenvalue weighted by atomic mass is 35.5. The quantitative estimate of drug-likeness (QED) is 0.786. The highest BCUT2D eigenvalue weighted by Gasteiger charge is 2.53. The lowest BCUT2D eigenvalue weighted by atomic mass is 10.1. The number of ether oxygens (including phenoxy) is 1. The van der Waals surface area contributed by atoms with Crippen LogP contribution >= 0.6 is 12.4 Å². The minimum absolute atomic E-state index is 0. The van der Waals surface area contributed by atoms with Gasteiger partial charge >= 0.3 is 0 Å². The Labute approximate surface area is 108 Å². The van der Waals surface area contributed by atoms with Crippen molar-refractivity contribution in [3.05, 3.63) is 0 Å². The molecule has 3 unspecified atom stereocenters. The van der Waals surface area contributed by atoms with E-state index in [9.17, 15) is 4.79 Å². The first kappa shape index (κ1) is 13.1. The van der Waals surface area contributed by atoms with Crippen molar-refractivity contribution in [2.45, 2.75) is 37.8 Å². The molecule has 98 valence electrons. The van der Waals surface area contributed by atoms with E-state index in [4.69, 9.17) is 4.74 Å². The summed E-state index contributed by atoms with van der Waals surface area (Å²) < 4.78 is 5.57. The summed E-state index contributed by atoms with van der Waals surface area (Å²) in [6, 6.07) is 0.456. The lowest BCUT2D eigenvalue weighted by molar-refractivity contribution is -0.125. The van der Waals surface area contributed by atoms with Crippen molar-refractivity contribution in [1.29, 1.82) is 0 Å². The number of hydrogen-bond acceptors (Lipinski definition) is 3. The standard InChI is InChI=1S/C12H20N2O2.ClH/c15-11(5-8-3-1-2-4-16-8)14-12-9-6-13-7-10(9)12;/h8-10,12-13H,1-7H2,(H,14,15);1H. The van der Waals surface area contributed by atoms with Crippen molar-refractivity contribution < 1.29 is 9.53 Å². The first-order chi connectivity index (χ1) is 7.84. The first-order valence-corrected chi connectivity index (χ1v) is 6.46. The van der Waals surface area contributed by atoms with Gasteiger partial charge in [0.05, 0.1) is 12.5 Å². The van der Waals surface area contributed by atoms with E-state index < -0.39 is 0 Å². The number of hydrogen-bond donors (Lipinski definition) is 2. The fourth-order valence-electron chi connectivity index (χ4n) is 3.05. The van der Waals surface area contributed by atoms with Crippen molar-refractivity contribution in [3.8, 4) is 0 Å². The maximum Gasteiger partial charge on any atom is 0.222 e. The SMILES string of the molecule is Cl.O=C(CC1CCCCO1)NC1C2CNCC21. The normalized spacial score (nSPS) is 39.1. The molecule has 3 rings (SSSR count). The summed E-state index contributed by atoms with van der Waals surface area (Å²) in [5, 5.41) is 6.47. The molecule has 5 heteroatoms. The van der Waals surface area contributed by atoms with Crippen molar-refractivity contribution in [3.63, 3.8) is 0 Å². The van der Waals surface area contributed by atoms with Gasteiger partial charge in [-0.15, -0.1) is 12.4 Å². The summed E-state index contributed by atoms with van der Waals surface area (Å²) >= 11 is 0. The molecule has 0 aromatic heterocycles. The third-order valence-electron chi connectivity index (χ3n) is 4.11. The Balaban J connectivity index is 0.00000108. The molecule has 0 spiro atoms. The second kappa shape index (κ2) is 5.55. The maximum atomic E-state index is 11.8. The van der Waals surface area contributed by atoms with Crippen molar-refractivity contribution in [2.75, 3.05) is 19.7 Å². The number of amides is 1. The second-order valence-corrected chi connectivity index (χ2v) is 5.27. The second-order valence-electron chi connectivity index (χ2n) is 5.27. The Hall–Kier alpha value is -0.320. The smallest absolute Gasteiger partial charge is 0.222 e. The third kappa shape index (κ3) is 2.92. The van der Waals surface area contributed by atoms with Crippen LogP contribution in [0.2, 0.25) is 0 Å². The minimum Gasteiger partial charge on any atom is -0.378 e. The zero-order valence-corrected chi connectivity index (χ0v) is 10.8. The predicted molar refractivity (Wildman–Crippen MR) is 67.2 cm³/mol. The Morgan fingerprint density at radius 3 is 2.71 bits per heavy atom. The summed E-state index contributed by atoms with van der Waals surface area (Å²) in [5.74, 6) is 1.60. The van der Waals surface area contributed by atoms with Crippen LogP contribution in [0, 0.1) is 11.8 Å². The summed E-state index contributed by atoms with van der Waals surface area (Å²) in [6.45, 7) is 2.99. The van der Waals surface area contributed by atoms with Gasteiger partial charge in [-0.3, -0.25) is 4.79 Å². The molecular weight excluding hydrogens is 240 g/mol. The fraction of sp³-hybridized carbons (Fsp3) is 0.917. The summed E-state index contributed by atoms with van der Waals surface area (Å²) in [7, 11) is 0. The number of rotatable bonds is 3. The van der Waals surface area contributed by atoms with Gasteiger partial charge in [-0.2, -0.15) is 0 Å². The van der Waals surface area contributed by atoms with Crippen LogP contribution in [-0.2, 0) is 9.53 Å². The molecule has 2 heterocycles. The van der Waals surface area contributed by atoms with Crippen LogP contribution < -0.4 is 10.6 Å². The Morgan fingerprint density at radius 2 is 2.06 bits per heavy atom. The van der Waals surface area contributed by atoms with E-state index >= 15 is 0 Å². The molecule has 0 radical (unpaired) electrons. The van der Waals surface area contributed by atoms with E-state index in [1.165, 1.54) is 6.42 Å². The van der Waals surface area contributed by atoms with Gasteiger partial charge in [0.25, 0.3) is 0 Å². The fourth-order valence-corrected chi connectivity index (χ4v) is 3.05. The average molecular weight is 261 g/mol. The molecule has 2 saturated heterocycles. The van der Waals surface area contributed by atoms with Gasteiger partial charge in [-0.05, 0) is 31.1 Å². The lowest BCUT2D eigenvalue weighted by Gasteiger charge is -2.22. The highest BCUT2D eigenvalue weighted by Crippen LogP contribution is 2.41. The van der Waals surface area contributed by atoms with Crippen LogP contribution in [0.1, 0.15) is 25.7 Å². The molecule has 3 fully saturated rings. The zero-order chi connectivity index (χ0) is 11.0. The number of carbonyl (C=O) groups excluding carboxylic acids is 1. The van der Waals surface area contributed by atoms with Gasteiger partial charge in [-0.1, -0.05) is 0 Å². The van der Waals surface area contributed by atoms with Crippen LogP contribution in [0.4, 0.5) is 0 Å². The van der Waals surface area contributed by atoms with Gasteiger partial charge in [0.2, 0.25) is 5.91 Å². The average Bonchev–Trinajstić information content (AvgIpc) is 2.76. The van der Waals surface area contributed by atoms with Gasteiger partial charge in [0.1, 0.15) is 0 Å². The van der Waals surface area contributed by atoms with Crippen LogP contribution in [0.15, 0.2) is 0 Å². The van der Waals surface area contributed by atoms with Crippen LogP contribution in [0.5, 0.6) is 0 Å². The summed E-state index contributed by atoms with van der Waals surface area (Å²) in [5.41, 5.74) is 0. The van der Waals surface area contributed by atoms with Crippen molar-refractivity contribution >= 4 is 18.3 Å². The monoisotopic (exact) mass is 260 g/mol. The van der Waals surface area contributed by atoms with Crippen LogP contribution in [0.25, 0.3) is 0 Å². The molecule has 3 atom stereocenters. The van der Waals surface area contributed by atoms with Crippen molar-refractivity contribution in [2.24, 2.45) is 11.8 Å². The van der Waals surface area contributed by atoms with E-state index in [-0.39, 0.29) is 24.4 Å². The molecule has 0 aromatic rings. The van der Waals surface area contributed by atoms with Gasteiger partial charge in [-0.25, -0.2) is 0 Å². The van der Waals surface area contributed by atoms with Gasteiger partial charge in [0.15, 0.2) is 0 Å². The van der Waals surface area contributed by atoms with Gasteiger partial charge < -0.3 is 15.4 Å². The molecule has 3 aliphatic rings. The number of halogens is 1. The molecule has 4 nitrogen and oxygen atoms in total. The Kier molecular flexibility index (Phi) is 4.28. The molecule has 17 heavy (non-hydrogen) atoms. The maximum absolute atomic E-state index is 11.8. The number of fused-ring (bicyclic) bond motifs is 1. The van der Waals surface area contributed by atoms with Crippen LogP contribution in [0.3, 0.4) is 0 Å². The van der Waals surface area contributed by atoms with E-state index in [0.29, 0.717) is 24.3 Å². The first-order valence-electron chi connectivity index (χ1n) is 6.46. The Morgan fingerprint density at radius 1 is 1.29 bits per heavy atom. The molecule has 1 amide bonds. The van der Waals surface area contributed by atoms with Gasteiger partial charge in [0, 0.05) is 25.7 Å². The lowest BCUT2D eigenvalue weighted by Crippen LogP contribution is -2.35. The number of carbonyl (C=O) groups is 1. The number of nitrogens with one attached hydrogen (secondary N) is 2. The van der Waals surface area contributed by atoms with Crippen LogP contribution in [-0.4, -0.2) is 37.7 Å². The van der Waals surface area contributed by atoms with Crippen molar-refractivity contribution in [1.82, 2.24) is 10.6 Å². The van der Waals surface area contributed by atoms with E-state index in [1.807, 2.05) is 0 Å². The molecule has 2 N–H and O–H groups in total. The zero-order valence-electron chi connectivity index (χ0n) is 9.98. The number of piperidine rings is 1. The van der Waals surface area contributed by atoms with E-state index in [1.54, 1.807) is 0 Å². The topological polar surface area (TPSA) is 50.4 Å². The molecule has 1 aliphatic carbocycles. The third-order valence-corrected chi connectivity index (χ3v) is 4.11. The highest BCUT2D eigenvalue weighted by molar-refractivity contribution is 5.85. The van der Waals surface area contributed by atoms with E-state index in [2.05, 4.69) is 10.6 Å². The Bertz CT molecular complexity index is 266. The largest absolute Gasteiger partial charge is 0.378 e. The minimum atomic E-state index is 0. The summed E-state index contributed by atoms with van der Waals surface area (Å²) in [6.07, 6.45) is 4.13.